The molecule has 3 atom stereocenters. The Morgan fingerprint density at radius 2 is 1.40 bits per heavy atom. The second kappa shape index (κ2) is 7.30. The van der Waals surface area contributed by atoms with Crippen LogP contribution in [0.2, 0.25) is 0 Å². The molecule has 5 nitrogen and oxygen atoms in total. The van der Waals surface area contributed by atoms with E-state index in [9.17, 15) is 9.59 Å². The Bertz CT molecular complexity index is 786. The molecule has 0 bridgehead atoms. The van der Waals surface area contributed by atoms with E-state index < -0.39 is 29.8 Å². The predicted octanol–water partition coefficient (Wildman–Crippen LogP) is 2.81. The Labute approximate surface area is 146 Å². The molecule has 0 unspecified atom stereocenters. The highest BCUT2D eigenvalue weighted by Crippen LogP contribution is 2.41. The fourth-order valence-electron chi connectivity index (χ4n) is 3.24. The highest BCUT2D eigenvalue weighted by Gasteiger charge is 2.49. The van der Waals surface area contributed by atoms with Gasteiger partial charge in [-0.3, -0.25) is 14.6 Å². The van der Waals surface area contributed by atoms with Crippen LogP contribution in [0.5, 0.6) is 0 Å². The van der Waals surface area contributed by atoms with Gasteiger partial charge in [0.2, 0.25) is 0 Å². The van der Waals surface area contributed by atoms with Gasteiger partial charge in [0.1, 0.15) is 11.8 Å². The molecule has 0 spiro atoms. The summed E-state index contributed by atoms with van der Waals surface area (Å²) in [6.45, 7) is 0. The number of hydrogen-bond acceptors (Lipinski definition) is 5. The summed E-state index contributed by atoms with van der Waals surface area (Å²) in [6, 6.07) is 18.3. The van der Waals surface area contributed by atoms with Crippen LogP contribution in [-0.2, 0) is 19.1 Å². The third-order valence-corrected chi connectivity index (χ3v) is 4.41. The fourth-order valence-corrected chi connectivity index (χ4v) is 3.24. The number of rotatable bonds is 4. The second-order valence-electron chi connectivity index (χ2n) is 5.79. The van der Waals surface area contributed by atoms with E-state index in [0.717, 1.165) is 11.1 Å². The topological polar surface area (TPSA) is 65.0 Å². The largest absolute Gasteiger partial charge is 0.469 e. The fraction of sp³-hybridized carbons (Fsp3) is 0.250. The van der Waals surface area contributed by atoms with Crippen LogP contribution in [0.3, 0.4) is 0 Å². The summed E-state index contributed by atoms with van der Waals surface area (Å²) in [5, 5.41) is 0. The summed E-state index contributed by atoms with van der Waals surface area (Å²) in [7, 11) is 2.63. The van der Waals surface area contributed by atoms with Crippen LogP contribution in [0.15, 0.2) is 65.7 Å². The first-order chi connectivity index (χ1) is 12.2. The van der Waals surface area contributed by atoms with Crippen LogP contribution < -0.4 is 0 Å². The Hall–Kier alpha value is -2.95. The summed E-state index contributed by atoms with van der Waals surface area (Å²) >= 11 is 0. The van der Waals surface area contributed by atoms with Crippen LogP contribution in [0, 0.1) is 11.8 Å². The number of aliphatic imine (C=N–C) groups is 1. The molecule has 0 saturated carbocycles. The maximum Gasteiger partial charge on any atom is 0.315 e. The van der Waals surface area contributed by atoms with Crippen molar-refractivity contribution < 1.29 is 19.1 Å². The highest BCUT2D eigenvalue weighted by atomic mass is 16.5. The molecule has 1 aliphatic heterocycles. The predicted molar refractivity (Wildman–Crippen MR) is 93.2 cm³/mol. The maximum atomic E-state index is 12.5. The van der Waals surface area contributed by atoms with Gasteiger partial charge >= 0.3 is 11.9 Å². The van der Waals surface area contributed by atoms with Crippen molar-refractivity contribution in [2.45, 2.75) is 6.04 Å². The highest BCUT2D eigenvalue weighted by molar-refractivity contribution is 6.15. The number of esters is 2. The zero-order chi connectivity index (χ0) is 17.8. The first-order valence-electron chi connectivity index (χ1n) is 8.01. The molecule has 0 amide bonds. The first-order valence-corrected chi connectivity index (χ1v) is 8.01. The summed E-state index contributed by atoms with van der Waals surface area (Å²) in [5.41, 5.74) is 2.21. The lowest BCUT2D eigenvalue weighted by Crippen LogP contribution is -2.35. The number of hydrogen-bond donors (Lipinski definition) is 0. The molecule has 0 fully saturated rings. The van der Waals surface area contributed by atoms with Gasteiger partial charge in [-0.05, 0) is 11.1 Å². The third kappa shape index (κ3) is 3.18. The van der Waals surface area contributed by atoms with Gasteiger partial charge in [0, 0.05) is 0 Å². The van der Waals surface area contributed by atoms with Crippen molar-refractivity contribution in [3.05, 3.63) is 71.8 Å². The van der Waals surface area contributed by atoms with E-state index in [2.05, 4.69) is 0 Å². The lowest BCUT2D eigenvalue weighted by atomic mass is 9.82. The van der Waals surface area contributed by atoms with Gasteiger partial charge in [-0.15, -0.1) is 0 Å². The minimum absolute atomic E-state index is 0.473. The van der Waals surface area contributed by atoms with Gasteiger partial charge in [-0.25, -0.2) is 0 Å². The lowest BCUT2D eigenvalue weighted by molar-refractivity contribution is -0.154. The van der Waals surface area contributed by atoms with Crippen molar-refractivity contribution in [2.24, 2.45) is 16.8 Å². The van der Waals surface area contributed by atoms with Gasteiger partial charge < -0.3 is 9.47 Å². The summed E-state index contributed by atoms with van der Waals surface area (Å²) in [5.74, 6) is -2.52. The zero-order valence-electron chi connectivity index (χ0n) is 14.1. The van der Waals surface area contributed by atoms with E-state index in [0.29, 0.717) is 5.71 Å². The Balaban J connectivity index is 2.14. The molecule has 5 heteroatoms. The quantitative estimate of drug-likeness (QED) is 0.805. The summed E-state index contributed by atoms with van der Waals surface area (Å²) in [6.07, 6.45) is 0. The molecule has 0 N–H and O–H groups in total. The molecule has 128 valence electrons. The zero-order valence-corrected chi connectivity index (χ0v) is 14.1. The van der Waals surface area contributed by atoms with Gasteiger partial charge in [-0.2, -0.15) is 0 Å². The molecule has 0 saturated heterocycles. The van der Waals surface area contributed by atoms with E-state index in [1.54, 1.807) is 0 Å². The molecule has 25 heavy (non-hydrogen) atoms. The smallest absolute Gasteiger partial charge is 0.315 e. The van der Waals surface area contributed by atoms with Crippen LogP contribution in [0.1, 0.15) is 17.2 Å². The van der Waals surface area contributed by atoms with Crippen LogP contribution in [0.4, 0.5) is 0 Å². The monoisotopic (exact) mass is 337 g/mol. The van der Waals surface area contributed by atoms with Crippen molar-refractivity contribution in [3.8, 4) is 0 Å². The first kappa shape index (κ1) is 16.9. The Kier molecular flexibility index (Phi) is 4.93. The Morgan fingerprint density at radius 1 is 0.840 bits per heavy atom. The number of nitrogens with zero attached hydrogens (tertiary/aromatic N) is 1. The van der Waals surface area contributed by atoms with Crippen molar-refractivity contribution in [1.29, 1.82) is 0 Å². The summed E-state index contributed by atoms with van der Waals surface area (Å²) < 4.78 is 9.94. The second-order valence-corrected chi connectivity index (χ2v) is 5.79. The average Bonchev–Trinajstić information content (AvgIpc) is 3.08. The molecule has 1 aliphatic rings. The lowest BCUT2D eigenvalue weighted by Gasteiger charge is -2.21. The van der Waals surface area contributed by atoms with E-state index in [4.69, 9.17) is 14.5 Å². The van der Waals surface area contributed by atoms with Crippen molar-refractivity contribution in [3.63, 3.8) is 0 Å². The molecular formula is C20H19NO4. The standard InChI is InChI=1S/C20H19NO4/c1-24-19(22)15-16(20(23)25-2)18(14-11-7-4-8-12-14)21-17(15)13-9-5-3-6-10-13/h3-12,15-17H,1-2H3/t15-,16+,17-/m1/s1. The van der Waals surface area contributed by atoms with Crippen molar-refractivity contribution in [2.75, 3.05) is 14.2 Å². The van der Waals surface area contributed by atoms with Gasteiger partial charge in [0.15, 0.2) is 0 Å². The molecule has 0 aliphatic carbocycles. The Morgan fingerprint density at radius 3 is 1.96 bits per heavy atom. The van der Waals surface area contributed by atoms with E-state index in [1.165, 1.54) is 14.2 Å². The van der Waals surface area contributed by atoms with Crippen molar-refractivity contribution in [1.82, 2.24) is 0 Å². The maximum absolute atomic E-state index is 12.5. The molecule has 0 radical (unpaired) electrons. The van der Waals surface area contributed by atoms with Gasteiger partial charge in [-0.1, -0.05) is 60.7 Å². The minimum atomic E-state index is -0.801. The number of carbonyl (C=O) groups excluding carboxylic acids is 2. The van der Waals surface area contributed by atoms with E-state index in [-0.39, 0.29) is 0 Å². The molecular weight excluding hydrogens is 318 g/mol. The number of ether oxygens (including phenoxy) is 2. The van der Waals surface area contributed by atoms with E-state index in [1.807, 2.05) is 60.7 Å². The van der Waals surface area contributed by atoms with Gasteiger partial charge in [0.05, 0.1) is 26.0 Å². The van der Waals surface area contributed by atoms with Gasteiger partial charge in [0.25, 0.3) is 0 Å². The van der Waals surface area contributed by atoms with Crippen LogP contribution in [0.25, 0.3) is 0 Å². The van der Waals surface area contributed by atoms with Crippen LogP contribution >= 0.6 is 0 Å². The SMILES string of the molecule is COC(=O)[C@@H]1C(c2ccccc2)=N[C@H](c2ccccc2)[C@@H]1C(=O)OC. The number of carbonyl (C=O) groups is 2. The number of methoxy groups -OCH3 is 2. The average molecular weight is 337 g/mol. The molecule has 1 heterocycles. The minimum Gasteiger partial charge on any atom is -0.469 e. The number of benzene rings is 2. The van der Waals surface area contributed by atoms with E-state index >= 15 is 0 Å². The normalized spacial score (nSPS) is 22.2. The van der Waals surface area contributed by atoms with Crippen LogP contribution in [-0.4, -0.2) is 31.9 Å². The molecule has 3 rings (SSSR count). The molecule has 2 aromatic carbocycles. The molecule has 0 aromatic heterocycles. The third-order valence-electron chi connectivity index (χ3n) is 4.41. The van der Waals surface area contributed by atoms with Crippen molar-refractivity contribution >= 4 is 17.7 Å². The summed E-state index contributed by atoms with van der Waals surface area (Å²) in [4.78, 5) is 29.7. The molecule has 2 aromatic rings.